The Hall–Kier alpha value is -3.83. The van der Waals surface area contributed by atoms with Gasteiger partial charge in [0, 0.05) is 16.0 Å². The lowest BCUT2D eigenvalue weighted by Crippen LogP contribution is -2.16. The van der Waals surface area contributed by atoms with Gasteiger partial charge < -0.3 is 8.83 Å². The van der Waals surface area contributed by atoms with Crippen molar-refractivity contribution in [3.63, 3.8) is 0 Å². The van der Waals surface area contributed by atoms with Gasteiger partial charge in [0.15, 0.2) is 5.76 Å². The zero-order valence-corrected chi connectivity index (χ0v) is 16.4. The maximum Gasteiger partial charge on any atom is 0.307 e. The van der Waals surface area contributed by atoms with E-state index in [4.69, 9.17) is 20.4 Å². The summed E-state index contributed by atoms with van der Waals surface area (Å²) in [5.74, 6) is 0.918. The number of nitrogens with zero attached hydrogens (tertiary/aromatic N) is 1. The van der Waals surface area contributed by atoms with E-state index >= 15 is 0 Å². The van der Waals surface area contributed by atoms with Gasteiger partial charge in [-0.2, -0.15) is 5.10 Å². The predicted octanol–water partition coefficient (Wildman–Crippen LogP) is 6.26. The molecule has 0 aliphatic heterocycles. The van der Waals surface area contributed by atoms with E-state index in [9.17, 15) is 4.79 Å². The van der Waals surface area contributed by atoms with Crippen molar-refractivity contribution in [1.29, 1.82) is 0 Å². The molecule has 0 aliphatic carbocycles. The lowest BCUT2D eigenvalue weighted by atomic mass is 10.1. The molecule has 1 amide bonds. The molecule has 0 saturated carbocycles. The smallest absolute Gasteiger partial charge is 0.307 e. The number of hydrazone groups is 1. The fraction of sp³-hybridized carbons (Fsp3) is 0. The molecular weight excluding hydrogens is 400 g/mol. The molecule has 0 fully saturated rings. The summed E-state index contributed by atoms with van der Waals surface area (Å²) in [4.78, 5) is 12.4. The number of amides is 1. The van der Waals surface area contributed by atoms with Crippen LogP contribution >= 0.6 is 11.6 Å². The minimum absolute atomic E-state index is 0.192. The van der Waals surface area contributed by atoms with Gasteiger partial charge in [-0.1, -0.05) is 54.1 Å². The Morgan fingerprint density at radius 1 is 0.900 bits per heavy atom. The van der Waals surface area contributed by atoms with E-state index in [1.54, 1.807) is 18.2 Å². The molecule has 2 heterocycles. The highest BCUT2D eigenvalue weighted by molar-refractivity contribution is 6.30. The van der Waals surface area contributed by atoms with Crippen LogP contribution < -0.4 is 5.43 Å². The topological polar surface area (TPSA) is 67.7 Å². The molecule has 0 bridgehead atoms. The number of rotatable bonds is 4. The maximum atomic E-state index is 12.4. The van der Waals surface area contributed by atoms with E-state index in [-0.39, 0.29) is 5.76 Å². The van der Waals surface area contributed by atoms with Crippen LogP contribution in [0.5, 0.6) is 0 Å². The number of carbonyl (C=O) groups is 1. The van der Waals surface area contributed by atoms with E-state index in [0.717, 1.165) is 21.7 Å². The molecule has 0 saturated heterocycles. The average Bonchev–Trinajstić information content (AvgIpc) is 3.41. The molecule has 146 valence electrons. The third kappa shape index (κ3) is 3.47. The van der Waals surface area contributed by atoms with Crippen LogP contribution in [-0.4, -0.2) is 12.1 Å². The molecule has 5 nitrogen and oxygen atoms in total. The van der Waals surface area contributed by atoms with Crippen molar-refractivity contribution < 1.29 is 13.6 Å². The van der Waals surface area contributed by atoms with Crippen LogP contribution in [0.4, 0.5) is 0 Å². The van der Waals surface area contributed by atoms with Crippen molar-refractivity contribution in [2.24, 2.45) is 5.10 Å². The number of hydrogen-bond donors (Lipinski definition) is 1. The minimum atomic E-state index is -0.437. The van der Waals surface area contributed by atoms with Gasteiger partial charge in [-0.05, 0) is 47.2 Å². The SMILES string of the molecule is O=C(N/N=C/c1ccc(-c2cccc(Cl)c2)o1)c1cc2c(ccc3ccccc32)o1. The first-order valence-corrected chi connectivity index (χ1v) is 9.66. The van der Waals surface area contributed by atoms with E-state index in [1.807, 2.05) is 60.7 Å². The Kier molecular flexibility index (Phi) is 4.58. The highest BCUT2D eigenvalue weighted by atomic mass is 35.5. The Morgan fingerprint density at radius 2 is 1.80 bits per heavy atom. The molecule has 3 aromatic carbocycles. The Balaban J connectivity index is 1.32. The molecule has 0 atom stereocenters. The van der Waals surface area contributed by atoms with Crippen LogP contribution in [0.25, 0.3) is 33.1 Å². The van der Waals surface area contributed by atoms with Crippen molar-refractivity contribution in [1.82, 2.24) is 5.43 Å². The highest BCUT2D eigenvalue weighted by Gasteiger charge is 2.13. The average molecular weight is 415 g/mol. The van der Waals surface area contributed by atoms with Gasteiger partial charge in [0.1, 0.15) is 17.1 Å². The van der Waals surface area contributed by atoms with Gasteiger partial charge in [-0.25, -0.2) is 5.43 Å². The van der Waals surface area contributed by atoms with E-state index in [2.05, 4.69) is 10.5 Å². The number of halogens is 1. The molecular formula is C24H15ClN2O3. The molecule has 5 aromatic rings. The van der Waals surface area contributed by atoms with Crippen LogP contribution in [0.1, 0.15) is 16.3 Å². The van der Waals surface area contributed by atoms with Crippen molar-refractivity contribution in [3.05, 3.63) is 95.4 Å². The highest BCUT2D eigenvalue weighted by Crippen LogP contribution is 2.28. The molecule has 0 aliphatic rings. The molecule has 0 unspecified atom stereocenters. The molecule has 5 rings (SSSR count). The standard InChI is InChI=1S/C24H15ClN2O3/c25-17-6-3-5-16(12-17)21-11-9-18(29-21)14-26-27-24(28)23-13-20-19-7-2-1-4-15(19)8-10-22(20)30-23/h1-14H,(H,27,28)/b26-14+. The molecule has 6 heteroatoms. The first-order chi connectivity index (χ1) is 14.7. The quantitative estimate of drug-likeness (QED) is 0.278. The number of carbonyl (C=O) groups excluding carboxylic acids is 1. The minimum Gasteiger partial charge on any atom is -0.455 e. The fourth-order valence-electron chi connectivity index (χ4n) is 3.33. The van der Waals surface area contributed by atoms with Crippen LogP contribution in [0.3, 0.4) is 0 Å². The summed E-state index contributed by atoms with van der Waals surface area (Å²) < 4.78 is 11.4. The summed E-state index contributed by atoms with van der Waals surface area (Å²) >= 11 is 6.02. The monoisotopic (exact) mass is 414 g/mol. The first kappa shape index (κ1) is 18.2. The molecule has 1 N–H and O–H groups in total. The first-order valence-electron chi connectivity index (χ1n) is 9.28. The molecule has 2 aromatic heterocycles. The predicted molar refractivity (Wildman–Crippen MR) is 118 cm³/mol. The molecule has 0 radical (unpaired) electrons. The van der Waals surface area contributed by atoms with Gasteiger partial charge >= 0.3 is 5.91 Å². The van der Waals surface area contributed by atoms with Gasteiger partial charge in [0.05, 0.1) is 6.21 Å². The van der Waals surface area contributed by atoms with Crippen LogP contribution in [0, 0.1) is 0 Å². The van der Waals surface area contributed by atoms with E-state index in [0.29, 0.717) is 22.1 Å². The van der Waals surface area contributed by atoms with Crippen molar-refractivity contribution in [2.75, 3.05) is 0 Å². The normalized spacial score (nSPS) is 11.5. The van der Waals surface area contributed by atoms with Gasteiger partial charge in [0.2, 0.25) is 0 Å². The Morgan fingerprint density at radius 3 is 2.70 bits per heavy atom. The zero-order chi connectivity index (χ0) is 20.5. The van der Waals surface area contributed by atoms with Gasteiger partial charge in [-0.3, -0.25) is 4.79 Å². The summed E-state index contributed by atoms with van der Waals surface area (Å²) in [6.45, 7) is 0. The summed E-state index contributed by atoms with van der Waals surface area (Å²) in [7, 11) is 0. The number of benzene rings is 3. The zero-order valence-electron chi connectivity index (χ0n) is 15.6. The number of nitrogens with one attached hydrogen (secondary N) is 1. The second-order valence-electron chi connectivity index (χ2n) is 6.72. The van der Waals surface area contributed by atoms with E-state index in [1.165, 1.54) is 6.21 Å². The summed E-state index contributed by atoms with van der Waals surface area (Å²) in [5.41, 5.74) is 3.98. The second-order valence-corrected chi connectivity index (χ2v) is 7.16. The van der Waals surface area contributed by atoms with Crippen molar-refractivity contribution in [3.8, 4) is 11.3 Å². The summed E-state index contributed by atoms with van der Waals surface area (Å²) in [6.07, 6.45) is 1.43. The van der Waals surface area contributed by atoms with Crippen molar-refractivity contribution in [2.45, 2.75) is 0 Å². The molecule has 30 heavy (non-hydrogen) atoms. The number of furan rings is 2. The summed E-state index contributed by atoms with van der Waals surface area (Å²) in [6, 6.07) is 24.5. The van der Waals surface area contributed by atoms with Gasteiger partial charge in [0.25, 0.3) is 0 Å². The van der Waals surface area contributed by atoms with Crippen LogP contribution in [0.15, 0.2) is 92.8 Å². The number of hydrogen-bond acceptors (Lipinski definition) is 4. The van der Waals surface area contributed by atoms with E-state index < -0.39 is 5.91 Å². The molecule has 0 spiro atoms. The lowest BCUT2D eigenvalue weighted by molar-refractivity contribution is 0.0929. The maximum absolute atomic E-state index is 12.4. The third-order valence-corrected chi connectivity index (χ3v) is 4.98. The summed E-state index contributed by atoms with van der Waals surface area (Å²) in [5, 5.41) is 7.61. The van der Waals surface area contributed by atoms with Gasteiger partial charge in [-0.15, -0.1) is 0 Å². The van der Waals surface area contributed by atoms with Crippen LogP contribution in [-0.2, 0) is 0 Å². The third-order valence-electron chi connectivity index (χ3n) is 4.74. The second kappa shape index (κ2) is 7.54. The Bertz CT molecular complexity index is 1410. The lowest BCUT2D eigenvalue weighted by Gasteiger charge is -1.97. The largest absolute Gasteiger partial charge is 0.455 e. The van der Waals surface area contributed by atoms with Crippen LogP contribution in [0.2, 0.25) is 5.02 Å². The Labute approximate surface area is 176 Å². The fourth-order valence-corrected chi connectivity index (χ4v) is 3.52. The number of fused-ring (bicyclic) bond motifs is 3. The van der Waals surface area contributed by atoms with Crippen molar-refractivity contribution >= 4 is 45.5 Å².